The molecule has 2 aromatic carbocycles. The molecule has 1 aromatic heterocycles. The maximum atomic E-state index is 13.2. The quantitative estimate of drug-likeness (QED) is 0.626. The molecule has 1 atom stereocenters. The summed E-state index contributed by atoms with van der Waals surface area (Å²) in [6.07, 6.45) is 0.371. The van der Waals surface area contributed by atoms with Crippen LogP contribution >= 0.6 is 0 Å². The molecular weight excluding hydrogens is 397 g/mol. The van der Waals surface area contributed by atoms with Crippen LogP contribution in [0.15, 0.2) is 59.1 Å². The third-order valence-electron chi connectivity index (χ3n) is 5.55. The maximum Gasteiger partial charge on any atom is 0.244 e. The Labute approximate surface area is 180 Å². The van der Waals surface area contributed by atoms with E-state index < -0.39 is 0 Å². The Kier molecular flexibility index (Phi) is 6.69. The Hall–Kier alpha value is -3.10. The van der Waals surface area contributed by atoms with Gasteiger partial charge in [-0.25, -0.2) is 4.39 Å². The monoisotopic (exact) mass is 423 g/mol. The zero-order valence-corrected chi connectivity index (χ0v) is 17.5. The molecule has 8 heteroatoms. The molecule has 162 valence electrons. The van der Waals surface area contributed by atoms with Crippen LogP contribution in [0.1, 0.15) is 25.3 Å². The van der Waals surface area contributed by atoms with Crippen LogP contribution in [0.25, 0.3) is 11.4 Å². The number of hydrogen-bond donors (Lipinski definition) is 1. The summed E-state index contributed by atoms with van der Waals surface area (Å²) in [5, 5.41) is 6.86. The zero-order valence-electron chi connectivity index (χ0n) is 17.5. The van der Waals surface area contributed by atoms with Gasteiger partial charge in [0.2, 0.25) is 17.6 Å². The summed E-state index contributed by atoms with van der Waals surface area (Å²) in [5.41, 5.74) is 1.42. The molecular formula is C23H26FN5O2. The van der Waals surface area contributed by atoms with Gasteiger partial charge in [-0.3, -0.25) is 9.69 Å². The maximum absolute atomic E-state index is 13.2. The van der Waals surface area contributed by atoms with E-state index in [-0.39, 0.29) is 17.8 Å². The van der Waals surface area contributed by atoms with Gasteiger partial charge < -0.3 is 14.7 Å². The Morgan fingerprint density at radius 1 is 1.13 bits per heavy atom. The van der Waals surface area contributed by atoms with Gasteiger partial charge in [-0.05, 0) is 25.1 Å². The molecule has 0 bridgehead atoms. The number of carbonyl (C=O) groups is 1. The largest absolute Gasteiger partial charge is 0.337 e. The number of hydrogen-bond acceptors (Lipinski definition) is 6. The van der Waals surface area contributed by atoms with Crippen LogP contribution in [0.3, 0.4) is 0 Å². The highest BCUT2D eigenvalue weighted by Gasteiger charge is 2.26. The highest BCUT2D eigenvalue weighted by molar-refractivity contribution is 5.90. The number of halogens is 1. The predicted octanol–water partition coefficient (Wildman–Crippen LogP) is 3.58. The Morgan fingerprint density at radius 3 is 2.65 bits per heavy atom. The summed E-state index contributed by atoms with van der Waals surface area (Å²) in [6, 6.07) is 15.7. The average molecular weight is 423 g/mol. The van der Waals surface area contributed by atoms with Gasteiger partial charge in [-0.15, -0.1) is 0 Å². The number of anilines is 1. The van der Waals surface area contributed by atoms with Crippen molar-refractivity contribution < 1.29 is 13.7 Å². The van der Waals surface area contributed by atoms with Gasteiger partial charge in [0, 0.05) is 50.4 Å². The van der Waals surface area contributed by atoms with Gasteiger partial charge in [0.25, 0.3) is 0 Å². The van der Waals surface area contributed by atoms with E-state index in [1.165, 1.54) is 12.1 Å². The molecule has 1 unspecified atom stereocenters. The molecule has 31 heavy (non-hydrogen) atoms. The number of piperazine rings is 1. The highest BCUT2D eigenvalue weighted by atomic mass is 19.1. The van der Waals surface area contributed by atoms with Crippen LogP contribution in [0.4, 0.5) is 10.1 Å². The first-order chi connectivity index (χ1) is 15.1. The van der Waals surface area contributed by atoms with Crippen molar-refractivity contribution in [3.63, 3.8) is 0 Å². The standard InChI is InChI=1S/C23H26FN5O2/c1-17(23-26-22(27-31-23)18-6-3-2-4-7-18)29-14-12-28(13-15-29)11-10-21(30)25-20-9-5-8-19(24)16-20/h2-9,16-17H,10-15H2,1H3,(H,25,30). The number of rotatable bonds is 7. The van der Waals surface area contributed by atoms with Crippen LogP contribution in [0, 0.1) is 5.82 Å². The molecule has 1 N–H and O–H groups in total. The molecule has 2 heterocycles. The van der Waals surface area contributed by atoms with Crippen molar-refractivity contribution in [2.45, 2.75) is 19.4 Å². The summed E-state index contributed by atoms with van der Waals surface area (Å²) >= 11 is 0. The number of nitrogens with one attached hydrogen (secondary N) is 1. The van der Waals surface area contributed by atoms with Crippen molar-refractivity contribution in [2.75, 3.05) is 38.0 Å². The van der Waals surface area contributed by atoms with E-state index in [4.69, 9.17) is 4.52 Å². The third kappa shape index (κ3) is 5.53. The summed E-state index contributed by atoms with van der Waals surface area (Å²) in [5.74, 6) is 0.744. The van der Waals surface area contributed by atoms with Crippen molar-refractivity contribution in [1.82, 2.24) is 19.9 Å². The summed E-state index contributed by atoms with van der Waals surface area (Å²) < 4.78 is 18.7. The lowest BCUT2D eigenvalue weighted by Crippen LogP contribution is -2.47. The number of benzene rings is 2. The van der Waals surface area contributed by atoms with Crippen molar-refractivity contribution >= 4 is 11.6 Å². The first kappa shape index (κ1) is 21.1. The van der Waals surface area contributed by atoms with E-state index in [1.54, 1.807) is 12.1 Å². The second-order valence-electron chi connectivity index (χ2n) is 7.68. The molecule has 0 radical (unpaired) electrons. The molecule has 0 saturated carbocycles. The second kappa shape index (κ2) is 9.80. The first-order valence-electron chi connectivity index (χ1n) is 10.5. The molecule has 7 nitrogen and oxygen atoms in total. The zero-order chi connectivity index (χ0) is 21.6. The molecule has 1 saturated heterocycles. The fourth-order valence-electron chi connectivity index (χ4n) is 3.69. The topological polar surface area (TPSA) is 74.5 Å². The molecule has 1 aliphatic rings. The molecule has 1 aliphatic heterocycles. The Bertz CT molecular complexity index is 1000. The van der Waals surface area contributed by atoms with E-state index in [0.29, 0.717) is 30.4 Å². The molecule has 1 fully saturated rings. The lowest BCUT2D eigenvalue weighted by molar-refractivity contribution is -0.116. The lowest BCUT2D eigenvalue weighted by Gasteiger charge is -2.36. The van der Waals surface area contributed by atoms with Gasteiger partial charge >= 0.3 is 0 Å². The third-order valence-corrected chi connectivity index (χ3v) is 5.55. The minimum Gasteiger partial charge on any atom is -0.337 e. The van der Waals surface area contributed by atoms with E-state index in [0.717, 1.165) is 31.7 Å². The fourth-order valence-corrected chi connectivity index (χ4v) is 3.69. The number of nitrogens with zero attached hydrogens (tertiary/aromatic N) is 4. The van der Waals surface area contributed by atoms with Crippen molar-refractivity contribution in [1.29, 1.82) is 0 Å². The smallest absolute Gasteiger partial charge is 0.244 e. The van der Waals surface area contributed by atoms with Gasteiger partial charge in [0.15, 0.2) is 0 Å². The minimum absolute atomic E-state index is 0.0309. The molecule has 0 spiro atoms. The minimum atomic E-state index is -0.361. The molecule has 4 rings (SSSR count). The van der Waals surface area contributed by atoms with Gasteiger partial charge in [0.05, 0.1) is 6.04 Å². The normalized spacial score (nSPS) is 16.2. The van der Waals surface area contributed by atoms with E-state index in [9.17, 15) is 9.18 Å². The number of carbonyl (C=O) groups excluding carboxylic acids is 1. The van der Waals surface area contributed by atoms with Crippen LogP contribution in [0.5, 0.6) is 0 Å². The van der Waals surface area contributed by atoms with E-state index in [1.807, 2.05) is 30.3 Å². The van der Waals surface area contributed by atoms with Crippen LogP contribution in [0.2, 0.25) is 0 Å². The van der Waals surface area contributed by atoms with Crippen LogP contribution in [-0.2, 0) is 4.79 Å². The highest BCUT2D eigenvalue weighted by Crippen LogP contribution is 2.23. The summed E-state index contributed by atoms with van der Waals surface area (Å²) in [6.45, 7) is 6.17. The van der Waals surface area contributed by atoms with Gasteiger partial charge in [-0.1, -0.05) is 41.6 Å². The van der Waals surface area contributed by atoms with Crippen LogP contribution in [-0.4, -0.2) is 58.6 Å². The average Bonchev–Trinajstić information content (AvgIpc) is 3.29. The molecule has 1 amide bonds. The predicted molar refractivity (Wildman–Crippen MR) is 116 cm³/mol. The van der Waals surface area contributed by atoms with Crippen molar-refractivity contribution in [3.05, 3.63) is 66.3 Å². The lowest BCUT2D eigenvalue weighted by atomic mass is 10.2. The first-order valence-corrected chi connectivity index (χ1v) is 10.5. The second-order valence-corrected chi connectivity index (χ2v) is 7.68. The SMILES string of the molecule is CC(c1nc(-c2ccccc2)no1)N1CCN(CCC(=O)Nc2cccc(F)c2)CC1. The Balaban J connectivity index is 1.23. The number of amides is 1. The Morgan fingerprint density at radius 2 is 1.90 bits per heavy atom. The van der Waals surface area contributed by atoms with E-state index >= 15 is 0 Å². The fraction of sp³-hybridized carbons (Fsp3) is 0.348. The molecule has 0 aliphatic carbocycles. The van der Waals surface area contributed by atoms with Crippen molar-refractivity contribution in [2.24, 2.45) is 0 Å². The summed E-state index contributed by atoms with van der Waals surface area (Å²) in [7, 11) is 0. The van der Waals surface area contributed by atoms with Crippen molar-refractivity contribution in [3.8, 4) is 11.4 Å². The van der Waals surface area contributed by atoms with Gasteiger partial charge in [-0.2, -0.15) is 4.98 Å². The van der Waals surface area contributed by atoms with Crippen LogP contribution < -0.4 is 5.32 Å². The molecule has 3 aromatic rings. The van der Waals surface area contributed by atoms with Gasteiger partial charge in [0.1, 0.15) is 5.82 Å². The van der Waals surface area contributed by atoms with E-state index in [2.05, 4.69) is 32.2 Å². The summed E-state index contributed by atoms with van der Waals surface area (Å²) in [4.78, 5) is 21.3. The number of aromatic nitrogens is 2.